The summed E-state index contributed by atoms with van der Waals surface area (Å²) in [5.74, 6) is 0. The topological polar surface area (TPSA) is 86.8 Å². The normalized spacial score (nSPS) is 10.6. The molecule has 3 aromatic heterocycles. The number of hydrogen-bond acceptors (Lipinski definition) is 4. The van der Waals surface area contributed by atoms with Crippen LogP contribution in [0, 0.1) is 11.3 Å². The number of nitrogens with zero attached hydrogens (tertiary/aromatic N) is 4. The first-order valence-corrected chi connectivity index (χ1v) is 6.19. The highest BCUT2D eigenvalue weighted by atomic mass is 16.1. The number of hydrogen-bond donors (Lipinski definition) is 1. The Kier molecular flexibility index (Phi) is 2.80. The molecule has 6 nitrogen and oxygen atoms in total. The van der Waals surface area contributed by atoms with E-state index in [1.807, 2.05) is 13.0 Å². The van der Waals surface area contributed by atoms with Crippen LogP contribution in [-0.2, 0) is 6.42 Å². The van der Waals surface area contributed by atoms with Gasteiger partial charge in [0, 0.05) is 29.7 Å². The zero-order chi connectivity index (χ0) is 14.1. The first-order valence-electron chi connectivity index (χ1n) is 6.19. The molecule has 0 fully saturated rings. The molecular formula is C14H11N5O. The van der Waals surface area contributed by atoms with Crippen molar-refractivity contribution < 1.29 is 0 Å². The van der Waals surface area contributed by atoms with E-state index in [2.05, 4.69) is 15.1 Å². The van der Waals surface area contributed by atoms with Crippen molar-refractivity contribution >= 4 is 5.65 Å². The molecule has 0 amide bonds. The molecule has 0 aliphatic carbocycles. The number of pyridine rings is 1. The van der Waals surface area contributed by atoms with Crippen LogP contribution in [0.25, 0.3) is 16.9 Å². The van der Waals surface area contributed by atoms with Crippen LogP contribution in [0.2, 0.25) is 0 Å². The van der Waals surface area contributed by atoms with Gasteiger partial charge in [0.25, 0.3) is 5.56 Å². The number of H-pyrrole nitrogens is 1. The van der Waals surface area contributed by atoms with Crippen molar-refractivity contribution in [2.75, 3.05) is 0 Å². The van der Waals surface area contributed by atoms with E-state index in [4.69, 9.17) is 5.26 Å². The van der Waals surface area contributed by atoms with Crippen molar-refractivity contribution in [3.05, 3.63) is 52.2 Å². The van der Waals surface area contributed by atoms with Gasteiger partial charge in [-0.3, -0.25) is 14.9 Å². The molecule has 0 aliphatic rings. The van der Waals surface area contributed by atoms with Crippen molar-refractivity contribution in [3.8, 4) is 17.3 Å². The summed E-state index contributed by atoms with van der Waals surface area (Å²) in [6.07, 6.45) is 5.36. The highest BCUT2D eigenvalue weighted by Gasteiger charge is 2.15. The monoisotopic (exact) mass is 265 g/mol. The molecule has 0 aliphatic heterocycles. The molecule has 0 spiro atoms. The fourth-order valence-electron chi connectivity index (χ4n) is 2.20. The number of rotatable bonds is 2. The van der Waals surface area contributed by atoms with Gasteiger partial charge >= 0.3 is 0 Å². The Bertz CT molecular complexity index is 870. The average Bonchev–Trinajstić information content (AvgIpc) is 2.91. The summed E-state index contributed by atoms with van der Waals surface area (Å²) in [5, 5.41) is 11.8. The zero-order valence-electron chi connectivity index (χ0n) is 10.8. The van der Waals surface area contributed by atoms with Gasteiger partial charge in [0.1, 0.15) is 11.6 Å². The molecule has 3 aromatic rings. The van der Waals surface area contributed by atoms with Crippen LogP contribution in [-0.4, -0.2) is 19.6 Å². The lowest BCUT2D eigenvalue weighted by atomic mass is 10.1. The van der Waals surface area contributed by atoms with E-state index in [9.17, 15) is 4.79 Å². The molecule has 0 atom stereocenters. The Morgan fingerprint density at radius 1 is 1.40 bits per heavy atom. The summed E-state index contributed by atoms with van der Waals surface area (Å²) >= 11 is 0. The van der Waals surface area contributed by atoms with Gasteiger partial charge in [-0.05, 0) is 18.6 Å². The van der Waals surface area contributed by atoms with Crippen LogP contribution in [0.4, 0.5) is 0 Å². The molecular weight excluding hydrogens is 254 g/mol. The summed E-state index contributed by atoms with van der Waals surface area (Å²) in [4.78, 5) is 20.9. The van der Waals surface area contributed by atoms with Gasteiger partial charge < -0.3 is 0 Å². The lowest BCUT2D eigenvalue weighted by Crippen LogP contribution is -2.21. The first kappa shape index (κ1) is 12.1. The van der Waals surface area contributed by atoms with Gasteiger partial charge in [0.05, 0.1) is 5.69 Å². The van der Waals surface area contributed by atoms with Gasteiger partial charge in [-0.15, -0.1) is 0 Å². The first-order chi connectivity index (χ1) is 9.76. The molecule has 0 unspecified atom stereocenters. The molecule has 0 radical (unpaired) electrons. The quantitative estimate of drug-likeness (QED) is 0.761. The maximum atomic E-state index is 12.4. The van der Waals surface area contributed by atoms with Gasteiger partial charge in [0.2, 0.25) is 0 Å². The predicted molar refractivity (Wildman–Crippen MR) is 73.1 cm³/mol. The van der Waals surface area contributed by atoms with E-state index in [0.29, 0.717) is 28.9 Å². The van der Waals surface area contributed by atoms with E-state index in [1.54, 1.807) is 24.5 Å². The number of aromatic amines is 1. The maximum absolute atomic E-state index is 12.4. The van der Waals surface area contributed by atoms with E-state index in [1.165, 1.54) is 10.7 Å². The second-order valence-electron chi connectivity index (χ2n) is 4.29. The Balaban J connectivity index is 2.42. The van der Waals surface area contributed by atoms with Crippen molar-refractivity contribution in [3.63, 3.8) is 0 Å². The summed E-state index contributed by atoms with van der Waals surface area (Å²) < 4.78 is 1.31. The largest absolute Gasteiger partial charge is 0.295 e. The Labute approximate surface area is 114 Å². The molecule has 0 saturated carbocycles. The van der Waals surface area contributed by atoms with E-state index in [-0.39, 0.29) is 5.56 Å². The highest BCUT2D eigenvalue weighted by Crippen LogP contribution is 2.20. The standard InChI is InChI=1S/C14H11N5O/c1-2-11-12(9-3-5-16-6-4-9)18-13-10(7-15)8-17-19(13)14(11)20/h3-6,8,17H,2H2,1H3. The lowest BCUT2D eigenvalue weighted by molar-refractivity contribution is 0.870. The van der Waals surface area contributed by atoms with Crippen molar-refractivity contribution in [2.45, 2.75) is 13.3 Å². The molecule has 3 rings (SSSR count). The number of nitriles is 1. The number of nitrogens with one attached hydrogen (secondary N) is 1. The summed E-state index contributed by atoms with van der Waals surface area (Å²) in [7, 11) is 0. The smallest absolute Gasteiger partial charge is 0.276 e. The molecule has 0 saturated heterocycles. The second kappa shape index (κ2) is 4.63. The Morgan fingerprint density at radius 3 is 2.80 bits per heavy atom. The highest BCUT2D eigenvalue weighted by molar-refractivity contribution is 5.67. The minimum absolute atomic E-state index is 0.175. The fraction of sp³-hybridized carbons (Fsp3) is 0.143. The summed E-state index contributed by atoms with van der Waals surface area (Å²) in [6, 6.07) is 5.63. The molecule has 3 heterocycles. The average molecular weight is 265 g/mol. The van der Waals surface area contributed by atoms with Crippen LogP contribution in [0.15, 0.2) is 35.5 Å². The third-order valence-electron chi connectivity index (χ3n) is 3.18. The minimum atomic E-state index is -0.175. The molecule has 0 aromatic carbocycles. The third kappa shape index (κ3) is 1.68. The molecule has 20 heavy (non-hydrogen) atoms. The van der Waals surface area contributed by atoms with Crippen LogP contribution in [0.3, 0.4) is 0 Å². The van der Waals surface area contributed by atoms with Gasteiger partial charge in [-0.2, -0.15) is 5.26 Å². The van der Waals surface area contributed by atoms with Crippen molar-refractivity contribution in [2.24, 2.45) is 0 Å². The van der Waals surface area contributed by atoms with Gasteiger partial charge in [-0.25, -0.2) is 9.50 Å². The zero-order valence-corrected chi connectivity index (χ0v) is 10.8. The van der Waals surface area contributed by atoms with Gasteiger partial charge in [-0.1, -0.05) is 6.92 Å². The fourth-order valence-corrected chi connectivity index (χ4v) is 2.20. The predicted octanol–water partition coefficient (Wildman–Crippen LogP) is 1.52. The molecule has 0 bridgehead atoms. The summed E-state index contributed by atoms with van der Waals surface area (Å²) in [5.41, 5.74) is 2.56. The minimum Gasteiger partial charge on any atom is -0.295 e. The maximum Gasteiger partial charge on any atom is 0.276 e. The second-order valence-corrected chi connectivity index (χ2v) is 4.29. The van der Waals surface area contributed by atoms with E-state index >= 15 is 0 Å². The van der Waals surface area contributed by atoms with Crippen LogP contribution < -0.4 is 5.56 Å². The van der Waals surface area contributed by atoms with Crippen LogP contribution in [0.1, 0.15) is 18.1 Å². The molecule has 98 valence electrons. The Morgan fingerprint density at radius 2 is 2.15 bits per heavy atom. The van der Waals surface area contributed by atoms with Crippen LogP contribution in [0.5, 0.6) is 0 Å². The Hall–Kier alpha value is -2.94. The van der Waals surface area contributed by atoms with Crippen molar-refractivity contribution in [1.29, 1.82) is 5.26 Å². The van der Waals surface area contributed by atoms with Crippen molar-refractivity contribution in [1.82, 2.24) is 19.6 Å². The van der Waals surface area contributed by atoms with Gasteiger partial charge in [0.15, 0.2) is 5.65 Å². The number of aromatic nitrogens is 4. The lowest BCUT2D eigenvalue weighted by Gasteiger charge is -2.07. The SMILES string of the molecule is CCc1c(-c2ccncc2)nc2c(C#N)c[nH]n2c1=O. The summed E-state index contributed by atoms with van der Waals surface area (Å²) in [6.45, 7) is 1.91. The third-order valence-corrected chi connectivity index (χ3v) is 3.18. The number of fused-ring (bicyclic) bond motifs is 1. The van der Waals surface area contributed by atoms with Crippen LogP contribution >= 0.6 is 0 Å². The molecule has 1 N–H and O–H groups in total. The molecule has 6 heteroatoms. The van der Waals surface area contributed by atoms with E-state index < -0.39 is 0 Å². The van der Waals surface area contributed by atoms with E-state index in [0.717, 1.165) is 5.56 Å².